The molecule has 4 nitrogen and oxygen atoms in total. The minimum absolute atomic E-state index is 0.0793. The number of halogens is 3. The van der Waals surface area contributed by atoms with Crippen LogP contribution in [0.5, 0.6) is 0 Å². The number of rotatable bonds is 6. The van der Waals surface area contributed by atoms with Crippen molar-refractivity contribution >= 4 is 37.2 Å². The maximum Gasteiger partial charge on any atom is 0.264 e. The Morgan fingerprint density at radius 1 is 1.35 bits per heavy atom. The van der Waals surface area contributed by atoms with E-state index in [9.17, 15) is 17.6 Å². The van der Waals surface area contributed by atoms with Crippen LogP contribution in [0.25, 0.3) is 0 Å². The summed E-state index contributed by atoms with van der Waals surface area (Å²) in [6, 6.07) is 1.94. The average Bonchev–Trinajstić information content (AvgIpc) is 2.35. The predicted octanol–water partition coefficient (Wildman–Crippen LogP) is 3.33. The number of benzene rings is 1. The molecule has 1 aromatic carbocycles. The largest absolute Gasteiger partial charge is 0.352 e. The molecule has 1 amide bonds. The van der Waals surface area contributed by atoms with Crippen molar-refractivity contribution in [3.05, 3.63) is 28.5 Å². The highest BCUT2D eigenvalue weighted by Gasteiger charge is 2.23. The lowest BCUT2D eigenvalue weighted by Crippen LogP contribution is -2.26. The highest BCUT2D eigenvalue weighted by atomic mass is 35.7. The summed E-state index contributed by atoms with van der Waals surface area (Å²) in [4.78, 5) is 11.0. The van der Waals surface area contributed by atoms with Crippen molar-refractivity contribution in [3.8, 4) is 0 Å². The molecular formula is C12H14Cl2FNO3S. The summed E-state index contributed by atoms with van der Waals surface area (Å²) >= 11 is 5.69. The normalized spacial score (nSPS) is 11.4. The highest BCUT2D eigenvalue weighted by molar-refractivity contribution is 8.13. The molecule has 0 bridgehead atoms. The average molecular weight is 342 g/mol. The first-order valence-electron chi connectivity index (χ1n) is 5.99. The van der Waals surface area contributed by atoms with Gasteiger partial charge in [-0.1, -0.05) is 31.4 Å². The van der Waals surface area contributed by atoms with Gasteiger partial charge in [0.25, 0.3) is 15.0 Å². The van der Waals surface area contributed by atoms with Gasteiger partial charge in [-0.2, -0.15) is 0 Å². The molecule has 0 spiro atoms. The summed E-state index contributed by atoms with van der Waals surface area (Å²) in [7, 11) is 0.792. The van der Waals surface area contributed by atoms with E-state index in [2.05, 4.69) is 5.32 Å². The Hall–Kier alpha value is -0.850. The third-order valence-electron chi connectivity index (χ3n) is 2.58. The number of hydrogen-bond acceptors (Lipinski definition) is 3. The van der Waals surface area contributed by atoms with E-state index in [4.69, 9.17) is 22.3 Å². The summed E-state index contributed by atoms with van der Waals surface area (Å²) in [6.07, 6.45) is 2.67. The fraction of sp³-hybridized carbons (Fsp3) is 0.417. The number of carbonyl (C=O) groups is 1. The van der Waals surface area contributed by atoms with Gasteiger partial charge in [0.2, 0.25) is 0 Å². The number of amides is 1. The van der Waals surface area contributed by atoms with Crippen LogP contribution >= 0.6 is 22.3 Å². The minimum Gasteiger partial charge on any atom is -0.352 e. The second-order valence-electron chi connectivity index (χ2n) is 4.17. The Balaban J connectivity index is 3.01. The summed E-state index contributed by atoms with van der Waals surface area (Å²) in [6.45, 7) is 2.39. The summed E-state index contributed by atoms with van der Waals surface area (Å²) in [5.41, 5.74) is -0.437. The van der Waals surface area contributed by atoms with Crippen molar-refractivity contribution in [3.63, 3.8) is 0 Å². The van der Waals surface area contributed by atoms with E-state index in [-0.39, 0.29) is 5.02 Å². The maximum absolute atomic E-state index is 14.0. The molecule has 0 heterocycles. The van der Waals surface area contributed by atoms with Crippen molar-refractivity contribution in [2.75, 3.05) is 6.54 Å². The van der Waals surface area contributed by atoms with Crippen molar-refractivity contribution in [1.82, 2.24) is 5.32 Å². The molecule has 20 heavy (non-hydrogen) atoms. The van der Waals surface area contributed by atoms with Crippen LogP contribution in [0.15, 0.2) is 17.0 Å². The quantitative estimate of drug-likeness (QED) is 0.637. The Morgan fingerprint density at radius 2 is 2.00 bits per heavy atom. The Bertz CT molecular complexity index is 605. The number of hydrogen-bond donors (Lipinski definition) is 1. The van der Waals surface area contributed by atoms with Gasteiger partial charge in [0.05, 0.1) is 5.56 Å². The highest BCUT2D eigenvalue weighted by Crippen LogP contribution is 2.26. The molecule has 8 heteroatoms. The van der Waals surface area contributed by atoms with E-state index < -0.39 is 31.2 Å². The van der Waals surface area contributed by atoms with Crippen LogP contribution in [0.2, 0.25) is 5.02 Å². The number of carbonyl (C=O) groups excluding carboxylic acids is 1. The third-order valence-corrected chi connectivity index (χ3v) is 4.12. The lowest BCUT2D eigenvalue weighted by molar-refractivity contribution is 0.0948. The molecule has 1 aromatic rings. The maximum atomic E-state index is 14.0. The van der Waals surface area contributed by atoms with E-state index in [1.807, 2.05) is 6.92 Å². The smallest absolute Gasteiger partial charge is 0.264 e. The van der Waals surface area contributed by atoms with E-state index in [1.54, 1.807) is 0 Å². The SMILES string of the molecule is CCCCCNC(=O)c1cc(Cl)cc(S(=O)(=O)Cl)c1F. The first kappa shape index (κ1) is 17.2. The Labute approximate surface area is 126 Å². The topological polar surface area (TPSA) is 63.2 Å². The molecule has 0 fully saturated rings. The van der Waals surface area contributed by atoms with E-state index >= 15 is 0 Å². The van der Waals surface area contributed by atoms with Gasteiger partial charge in [-0.15, -0.1) is 0 Å². The molecule has 1 N–H and O–H groups in total. The van der Waals surface area contributed by atoms with Crippen LogP contribution in [0.4, 0.5) is 4.39 Å². The molecule has 0 unspecified atom stereocenters. The van der Waals surface area contributed by atoms with Gasteiger partial charge in [0.15, 0.2) is 5.82 Å². The fourth-order valence-electron chi connectivity index (χ4n) is 1.58. The zero-order chi connectivity index (χ0) is 15.3. The standard InChI is InChI=1S/C12H14Cl2FNO3S/c1-2-3-4-5-16-12(17)9-6-8(13)7-10(11(9)15)20(14,18)19/h6-7H,2-5H2,1H3,(H,16,17). The molecule has 0 saturated heterocycles. The van der Waals surface area contributed by atoms with Crippen LogP contribution in [-0.4, -0.2) is 20.9 Å². The van der Waals surface area contributed by atoms with E-state index in [0.29, 0.717) is 6.54 Å². The van der Waals surface area contributed by atoms with Gasteiger partial charge >= 0.3 is 0 Å². The first-order valence-corrected chi connectivity index (χ1v) is 8.68. The molecule has 1 rings (SSSR count). The first-order chi connectivity index (χ1) is 9.27. The van der Waals surface area contributed by atoms with Gasteiger partial charge in [-0.3, -0.25) is 4.79 Å². The van der Waals surface area contributed by atoms with Crippen LogP contribution in [0.3, 0.4) is 0 Å². The molecule has 0 aliphatic rings. The van der Waals surface area contributed by atoms with E-state index in [0.717, 1.165) is 31.4 Å². The molecule has 112 valence electrons. The second-order valence-corrected chi connectivity index (χ2v) is 7.14. The molecule has 0 aromatic heterocycles. The predicted molar refractivity (Wildman–Crippen MR) is 76.3 cm³/mol. The zero-order valence-corrected chi connectivity index (χ0v) is 13.1. The minimum atomic E-state index is -4.31. The van der Waals surface area contributed by atoms with Crippen LogP contribution in [-0.2, 0) is 9.05 Å². The van der Waals surface area contributed by atoms with E-state index in [1.165, 1.54) is 0 Å². The van der Waals surface area contributed by atoms with Crippen molar-refractivity contribution in [2.45, 2.75) is 31.1 Å². The Kier molecular flexibility index (Phi) is 6.23. The lowest BCUT2D eigenvalue weighted by Gasteiger charge is -2.08. The lowest BCUT2D eigenvalue weighted by atomic mass is 10.2. The molecule has 0 atom stereocenters. The summed E-state index contributed by atoms with van der Waals surface area (Å²) in [5.74, 6) is -1.92. The van der Waals surface area contributed by atoms with Crippen molar-refractivity contribution in [1.29, 1.82) is 0 Å². The molecule has 0 aliphatic carbocycles. The summed E-state index contributed by atoms with van der Waals surface area (Å²) < 4.78 is 36.4. The van der Waals surface area contributed by atoms with Gasteiger partial charge in [0, 0.05) is 22.2 Å². The number of unbranched alkanes of at least 4 members (excludes halogenated alkanes) is 2. The zero-order valence-electron chi connectivity index (χ0n) is 10.8. The van der Waals surface area contributed by atoms with Crippen molar-refractivity contribution in [2.24, 2.45) is 0 Å². The van der Waals surface area contributed by atoms with Gasteiger partial charge in [-0.25, -0.2) is 12.8 Å². The van der Waals surface area contributed by atoms with Crippen LogP contribution in [0, 0.1) is 5.82 Å². The molecule has 0 saturated carbocycles. The number of nitrogens with one attached hydrogen (secondary N) is 1. The third kappa shape index (κ3) is 4.61. The van der Waals surface area contributed by atoms with Crippen LogP contribution < -0.4 is 5.32 Å². The second kappa shape index (κ2) is 7.24. The molecule has 0 radical (unpaired) electrons. The monoisotopic (exact) mass is 341 g/mol. The van der Waals surface area contributed by atoms with Crippen molar-refractivity contribution < 1.29 is 17.6 Å². The summed E-state index contributed by atoms with van der Waals surface area (Å²) in [5, 5.41) is 2.43. The van der Waals surface area contributed by atoms with Gasteiger partial charge < -0.3 is 5.32 Å². The van der Waals surface area contributed by atoms with Gasteiger partial charge in [0.1, 0.15) is 4.90 Å². The molecule has 0 aliphatic heterocycles. The Morgan fingerprint density at radius 3 is 2.55 bits per heavy atom. The van der Waals surface area contributed by atoms with Gasteiger partial charge in [-0.05, 0) is 18.6 Å². The van der Waals surface area contributed by atoms with Crippen LogP contribution in [0.1, 0.15) is 36.5 Å². The molecular weight excluding hydrogens is 328 g/mol. The fourth-order valence-corrected chi connectivity index (χ4v) is 2.79.